The van der Waals surface area contributed by atoms with Gasteiger partial charge in [-0.2, -0.15) is 9.78 Å². The van der Waals surface area contributed by atoms with Crippen molar-refractivity contribution in [2.24, 2.45) is 34.6 Å². The van der Waals surface area contributed by atoms with Crippen LogP contribution in [0.25, 0.3) is 23.1 Å². The van der Waals surface area contributed by atoms with E-state index in [4.69, 9.17) is 38.5 Å². The number of nitrogens with one attached hydrogen (secondary N) is 11. The molecule has 38 nitrogen and oxygen atoms in total. The number of hydrogen-bond acceptors (Lipinski definition) is 25. The van der Waals surface area contributed by atoms with Crippen LogP contribution in [-0.2, 0) is 73.5 Å². The van der Waals surface area contributed by atoms with Gasteiger partial charge in [-0.15, -0.1) is 0 Å². The minimum absolute atomic E-state index is 0.0130. The van der Waals surface area contributed by atoms with Crippen molar-refractivity contribution in [1.29, 1.82) is 0 Å². The first kappa shape index (κ1) is 95.2. The van der Waals surface area contributed by atoms with Crippen LogP contribution in [0.2, 0.25) is 0 Å². The molecule has 1 saturated heterocycles. The Morgan fingerprint density at radius 1 is 0.661 bits per heavy atom. The van der Waals surface area contributed by atoms with Crippen LogP contribution < -0.4 is 87.2 Å². The van der Waals surface area contributed by atoms with Crippen molar-refractivity contribution in [3.05, 3.63) is 120 Å². The summed E-state index contributed by atoms with van der Waals surface area (Å²) < 4.78 is 6.55. The molecule has 118 heavy (non-hydrogen) atoms. The molecular formula is C79H110N20O18S. The standard InChI is InChI=1S/C79H110N20O18S/c1-6-54-69(105)87-37-29-60(74(110)90-58(27-34-82)73(109)95-62(43-48-14-8-7-9-15-48)76(112)94-61(42-45(2)3)75(111)91-57(26-33-81)71(107)89-56(25-32-80)70(106)88-54)92-72(108)59(28-35-83)93-77(113)68(47(5)101)96-66(103)31-41-117-67(104)30-39-98(40-38-86-65(102)24-22-53(84)78(114)115)79(116)99-63-44-50(118-64-18-11-10-17-51(64)46(4)100)20-21-52(63)55(97-99)23-19-49-16-12-13-36-85-49/h7-21,23,36,44-45,47,53-54,56-62,68,101H,6,22,24-35,37-43,80-84H2,1-5H3,(H,86,102)(H,87,105)(H,88,106)(H,89,107)(H,90,110)(H,91,111)(H,92,108)(H,93,113)(H,94,112)(H,95,109)(H,96,103)(H,114,115)/b23-19+/t47-,53+,54?,56+,57+,58+,59+,60+,61+,62-,68+/m1/s1. The van der Waals surface area contributed by atoms with E-state index in [-0.39, 0.29) is 115 Å². The summed E-state index contributed by atoms with van der Waals surface area (Å²) >= 11 is 1.27. The monoisotopic (exact) mass is 1660 g/mol. The molecule has 1 aliphatic heterocycles. The molecule has 640 valence electrons. The molecule has 6 rings (SSSR count). The number of nitrogens with zero attached hydrogens (tertiary/aromatic N) is 4. The number of aliphatic hydroxyl groups excluding tert-OH is 1. The summed E-state index contributed by atoms with van der Waals surface area (Å²) in [6.45, 7) is 5.20. The molecule has 23 N–H and O–H groups in total. The van der Waals surface area contributed by atoms with Crippen LogP contribution in [0.4, 0.5) is 4.79 Å². The normalized spacial score (nSPS) is 19.1. The number of ketones is 1. The Balaban J connectivity index is 1.20. The zero-order valence-electron chi connectivity index (χ0n) is 66.7. The number of carbonyl (C=O) groups excluding carboxylic acids is 14. The second-order valence-corrected chi connectivity index (χ2v) is 29.5. The number of carbonyl (C=O) groups is 15. The van der Waals surface area contributed by atoms with E-state index in [1.165, 1.54) is 23.6 Å². The zero-order valence-corrected chi connectivity index (χ0v) is 67.5. The molecule has 1 aliphatic rings. The molecule has 0 spiro atoms. The van der Waals surface area contributed by atoms with Crippen molar-refractivity contribution in [1.82, 2.24) is 78.1 Å². The van der Waals surface area contributed by atoms with Gasteiger partial charge in [0.2, 0.25) is 65.0 Å². The maximum absolute atomic E-state index is 14.9. The van der Waals surface area contributed by atoms with E-state index in [9.17, 15) is 82.1 Å². The van der Waals surface area contributed by atoms with E-state index in [2.05, 4.69) is 63.5 Å². The third kappa shape index (κ3) is 30.5. The Morgan fingerprint density at radius 3 is 1.86 bits per heavy atom. The highest BCUT2D eigenvalue weighted by Crippen LogP contribution is 2.34. The number of benzene rings is 3. The Kier molecular flexibility index (Phi) is 39.4. The highest BCUT2D eigenvalue weighted by Gasteiger charge is 2.37. The van der Waals surface area contributed by atoms with Crippen molar-refractivity contribution in [3.63, 3.8) is 0 Å². The zero-order chi connectivity index (χ0) is 86.5. The number of aromatic nitrogens is 3. The summed E-state index contributed by atoms with van der Waals surface area (Å²) in [7, 11) is 0. The van der Waals surface area contributed by atoms with Crippen molar-refractivity contribution < 1.29 is 86.9 Å². The van der Waals surface area contributed by atoms with Gasteiger partial charge in [-0.1, -0.05) is 87.1 Å². The van der Waals surface area contributed by atoms with Gasteiger partial charge >= 0.3 is 18.0 Å². The number of nitrogens with two attached hydrogens (primary N) is 5. The number of ether oxygens (including phenoxy) is 1. The Hall–Kier alpha value is -11.6. The number of fused-ring (bicyclic) bond motifs is 1. The number of carboxylic acid groups (broad SMARTS) is 1. The van der Waals surface area contributed by atoms with Gasteiger partial charge in [0, 0.05) is 66.0 Å². The Bertz CT molecular complexity index is 4320. The summed E-state index contributed by atoms with van der Waals surface area (Å²) in [5, 5.41) is 53.9. The molecule has 1 unspecified atom stereocenters. The van der Waals surface area contributed by atoms with Crippen LogP contribution in [0.1, 0.15) is 133 Å². The molecule has 5 aromatic rings. The average molecular weight is 1660 g/mol. The minimum Gasteiger partial charge on any atom is -0.480 e. The van der Waals surface area contributed by atoms with Gasteiger partial charge in [0.05, 0.1) is 35.9 Å². The van der Waals surface area contributed by atoms with Crippen molar-refractivity contribution in [2.45, 2.75) is 188 Å². The third-order valence-corrected chi connectivity index (χ3v) is 19.8. The summed E-state index contributed by atoms with van der Waals surface area (Å²) in [6, 6.07) is 10.6. The molecular weight excluding hydrogens is 1550 g/mol. The quantitative estimate of drug-likeness (QED) is 0.0154. The van der Waals surface area contributed by atoms with Crippen LogP contribution in [0.3, 0.4) is 0 Å². The second kappa shape index (κ2) is 48.8. The van der Waals surface area contributed by atoms with E-state index >= 15 is 0 Å². The number of Topliss-reactive ketones (excluding diaryl/α,β-unsaturated/α-hetero) is 1. The van der Waals surface area contributed by atoms with E-state index in [0.717, 1.165) is 11.6 Å². The van der Waals surface area contributed by atoms with Gasteiger partial charge in [-0.25, -0.2) is 4.79 Å². The molecule has 39 heteroatoms. The molecule has 11 atom stereocenters. The number of hydrogen-bond donors (Lipinski definition) is 18. The van der Waals surface area contributed by atoms with Crippen molar-refractivity contribution >= 4 is 124 Å². The molecule has 1 fully saturated rings. The molecule has 0 bridgehead atoms. The number of esters is 1. The van der Waals surface area contributed by atoms with Crippen LogP contribution in [0.15, 0.2) is 107 Å². The Morgan fingerprint density at radius 2 is 1.26 bits per heavy atom. The average Bonchev–Trinajstić information content (AvgIpc) is 1.62. The van der Waals surface area contributed by atoms with Gasteiger partial charge in [0.1, 0.15) is 67.0 Å². The number of pyridine rings is 1. The minimum atomic E-state index is -1.80. The largest absolute Gasteiger partial charge is 0.480 e. The molecule has 3 aromatic carbocycles. The number of carboxylic acids is 1. The van der Waals surface area contributed by atoms with Crippen molar-refractivity contribution in [2.75, 3.05) is 59.0 Å². The smallest absolute Gasteiger partial charge is 0.345 e. The SMILES string of the molecule is CCC1NC(=O)[C@H](CCN)NC(=O)[C@H](CCN)NC(=O)[C@H](CC(C)C)NC(=O)[C@@H](Cc2ccccc2)NC(=O)[C@H](CCN)NC(=O)[C@@H](NC(=O)[C@H](CCN)NC(=O)[C@@H](NC(=O)CCOC(=O)CCN(CCNC(=O)CC[C@H](N)C(=O)O)C(=O)n2nc(/C=C/c3ccccn3)c3ccc(Sc4ccccc4C(C)=O)cc32)[C@@H](C)O)CCNC1=O. The van der Waals surface area contributed by atoms with Gasteiger partial charge in [-0.3, -0.25) is 72.1 Å². The summed E-state index contributed by atoms with van der Waals surface area (Å²) in [5.41, 5.74) is 31.7. The molecule has 3 heterocycles. The number of rotatable bonds is 37. The van der Waals surface area contributed by atoms with Crippen LogP contribution in [0, 0.1) is 5.92 Å². The second-order valence-electron chi connectivity index (χ2n) is 28.4. The molecule has 0 radical (unpaired) electrons. The predicted molar refractivity (Wildman–Crippen MR) is 435 cm³/mol. The van der Waals surface area contributed by atoms with Gasteiger partial charge < -0.3 is 107 Å². The van der Waals surface area contributed by atoms with Crippen LogP contribution >= 0.6 is 11.8 Å². The molecule has 12 amide bonds. The van der Waals surface area contributed by atoms with Gasteiger partial charge in [0.15, 0.2) is 5.78 Å². The fourth-order valence-corrected chi connectivity index (χ4v) is 13.3. The predicted octanol–water partition coefficient (Wildman–Crippen LogP) is -1.78. The highest BCUT2D eigenvalue weighted by molar-refractivity contribution is 7.99. The number of aliphatic hydroxyl groups is 1. The lowest BCUT2D eigenvalue weighted by Crippen LogP contribution is -2.61. The fourth-order valence-electron chi connectivity index (χ4n) is 12.3. The first-order valence-corrected chi connectivity index (χ1v) is 39.8. The van der Waals surface area contributed by atoms with Gasteiger partial charge in [-0.05, 0) is 151 Å². The highest BCUT2D eigenvalue weighted by atomic mass is 32.2. The van der Waals surface area contributed by atoms with Crippen LogP contribution in [-0.4, -0.2) is 244 Å². The number of amides is 12. The van der Waals surface area contributed by atoms with E-state index in [0.29, 0.717) is 43.2 Å². The molecule has 2 aromatic heterocycles. The van der Waals surface area contributed by atoms with Gasteiger partial charge in [0.25, 0.3) is 0 Å². The van der Waals surface area contributed by atoms with E-state index < -0.39 is 182 Å². The number of aliphatic carboxylic acids is 1. The summed E-state index contributed by atoms with van der Waals surface area (Å²) in [6.07, 6.45) is 0.325. The summed E-state index contributed by atoms with van der Waals surface area (Å²) in [4.78, 5) is 215. The van der Waals surface area contributed by atoms with Crippen molar-refractivity contribution in [3.8, 4) is 0 Å². The maximum atomic E-state index is 14.9. The first-order chi connectivity index (χ1) is 56.4. The maximum Gasteiger partial charge on any atom is 0.345 e. The Labute approximate surface area is 686 Å². The lowest BCUT2D eigenvalue weighted by Gasteiger charge is -2.28. The summed E-state index contributed by atoms with van der Waals surface area (Å²) in [5.74, 6) is -12.4. The van der Waals surface area contributed by atoms with E-state index in [1.54, 1.807) is 130 Å². The van der Waals surface area contributed by atoms with E-state index in [1.807, 2.05) is 0 Å². The fraction of sp³-hybridized carbons (Fsp3) is 0.481. The lowest BCUT2D eigenvalue weighted by atomic mass is 10.00. The topological polar surface area (TPSA) is 602 Å². The molecule has 0 saturated carbocycles. The van der Waals surface area contributed by atoms with Crippen LogP contribution in [0.5, 0.6) is 0 Å². The third-order valence-electron chi connectivity index (χ3n) is 18.7. The molecule has 0 aliphatic carbocycles. The first-order valence-electron chi connectivity index (χ1n) is 39.0. The lowest BCUT2D eigenvalue weighted by molar-refractivity contribution is -0.145.